The molecule has 236 valence electrons. The van der Waals surface area contributed by atoms with Gasteiger partial charge in [0.05, 0.1) is 5.56 Å². The molecule has 0 saturated heterocycles. The van der Waals surface area contributed by atoms with Gasteiger partial charge in [-0.1, -0.05) is 92.2 Å². The molecule has 4 nitrogen and oxygen atoms in total. The van der Waals surface area contributed by atoms with E-state index in [9.17, 15) is 13.2 Å². The molecule has 0 saturated carbocycles. The molecule has 0 amide bonds. The average Bonchev–Trinajstić information content (AvgIpc) is 3.06. The topological polar surface area (TPSA) is 61.1 Å². The summed E-state index contributed by atoms with van der Waals surface area (Å²) < 4.78 is 61.6. The van der Waals surface area contributed by atoms with Gasteiger partial charge in [-0.2, -0.15) is 17.7 Å². The summed E-state index contributed by atoms with van der Waals surface area (Å²) in [5.41, 5.74) is 11.4. The first-order valence-corrected chi connectivity index (χ1v) is 16.9. The van der Waals surface area contributed by atoms with E-state index in [2.05, 4.69) is 115 Å². The predicted molar refractivity (Wildman–Crippen MR) is 174 cm³/mol. The molecule has 1 heterocycles. The molecule has 2 aliphatic rings. The maximum atomic E-state index is 10.7. The first-order chi connectivity index (χ1) is 22.1. The quantitative estimate of drug-likeness (QED) is 0.110. The molecule has 5 aromatic rings. The van der Waals surface area contributed by atoms with Gasteiger partial charge in [0.1, 0.15) is 6.54 Å². The van der Waals surface area contributed by atoms with E-state index in [0.29, 0.717) is 0 Å². The summed E-state index contributed by atoms with van der Waals surface area (Å²) in [7, 11) is -6.09. The number of hydrogen-bond donors (Lipinski definition) is 0. The number of rotatable bonds is 5. The van der Waals surface area contributed by atoms with E-state index in [1.165, 1.54) is 79.9 Å². The Morgan fingerprint density at radius 2 is 1.24 bits per heavy atom. The minimum absolute atomic E-state index is 1.03. The van der Waals surface area contributed by atoms with Crippen molar-refractivity contribution in [1.82, 2.24) is 0 Å². The molecule has 0 aliphatic heterocycles. The highest BCUT2D eigenvalue weighted by molar-refractivity contribution is 7.86. The zero-order valence-corrected chi connectivity index (χ0v) is 26.3. The van der Waals surface area contributed by atoms with Crippen molar-refractivity contribution in [3.8, 4) is 44.8 Å². The van der Waals surface area contributed by atoms with Crippen LogP contribution in [0.15, 0.2) is 103 Å². The van der Waals surface area contributed by atoms with Crippen LogP contribution in [0.1, 0.15) is 42.0 Å². The number of benzene rings is 4. The van der Waals surface area contributed by atoms with Gasteiger partial charge in [-0.3, -0.25) is 0 Å². The first-order valence-electron chi connectivity index (χ1n) is 15.5. The van der Waals surface area contributed by atoms with Crippen molar-refractivity contribution in [3.63, 3.8) is 0 Å². The molecule has 0 fully saturated rings. The van der Waals surface area contributed by atoms with Crippen LogP contribution in [-0.4, -0.2) is 18.5 Å². The van der Waals surface area contributed by atoms with E-state index in [4.69, 9.17) is 13.0 Å². The number of aromatic nitrogens is 1. The fourth-order valence-electron chi connectivity index (χ4n) is 6.66. The standard InChI is InChI=1S/C37H34N.CHF3O3S/c1-2-3-22-38-36(28-15-8-5-9-16-28)25-34(26-12-6-4-7-13-26)32-21-20-30-23-29-19-18-27-14-10-11-17-31(27)33(29)24-35(30)37(32)38;2-1(3,4)8(5,6)7/h4-17,23-25H,2-3,18-22H2,1H3;(H,5,6,7)/q+1;/p-1. The number of aryl methyl sites for hydroxylation is 3. The van der Waals surface area contributed by atoms with Crippen LogP contribution < -0.4 is 4.57 Å². The Morgan fingerprint density at radius 3 is 1.89 bits per heavy atom. The molecule has 8 heteroatoms. The summed E-state index contributed by atoms with van der Waals surface area (Å²) >= 11 is 0. The number of unbranched alkanes of at least 4 members (excludes halogenated alkanes) is 1. The summed E-state index contributed by atoms with van der Waals surface area (Å²) in [4.78, 5) is 0. The van der Waals surface area contributed by atoms with E-state index >= 15 is 0 Å². The van der Waals surface area contributed by atoms with Crippen molar-refractivity contribution in [2.75, 3.05) is 0 Å². The van der Waals surface area contributed by atoms with Gasteiger partial charge in [0, 0.05) is 23.6 Å². The molecule has 0 N–H and O–H groups in total. The maximum absolute atomic E-state index is 10.7. The monoisotopic (exact) mass is 641 g/mol. The van der Waals surface area contributed by atoms with E-state index in [1.54, 1.807) is 0 Å². The SMILES string of the molecule is CCCC[n+]1c(-c2ccccc2)cc(-c2ccccc2)c2c1-c1cc3c(cc1CC2)CCc1ccccc1-3.O=S(=O)([O-])C(F)(F)F. The van der Waals surface area contributed by atoms with Crippen LogP contribution in [0.25, 0.3) is 44.8 Å². The lowest BCUT2D eigenvalue weighted by molar-refractivity contribution is -0.676. The third kappa shape index (κ3) is 6.24. The van der Waals surface area contributed by atoms with Crippen LogP contribution >= 0.6 is 0 Å². The summed E-state index contributed by atoms with van der Waals surface area (Å²) in [6.45, 7) is 3.33. The van der Waals surface area contributed by atoms with Gasteiger partial charge in [-0.15, -0.1) is 0 Å². The Hall–Kier alpha value is -4.27. The van der Waals surface area contributed by atoms with Crippen LogP contribution in [0.2, 0.25) is 0 Å². The predicted octanol–water partition coefficient (Wildman–Crippen LogP) is 8.69. The van der Waals surface area contributed by atoms with Crippen LogP contribution in [0.5, 0.6) is 0 Å². The lowest BCUT2D eigenvalue weighted by Crippen LogP contribution is -2.41. The summed E-state index contributed by atoms with van der Waals surface area (Å²) in [6.07, 6.45) is 6.83. The van der Waals surface area contributed by atoms with Crippen LogP contribution in [0, 0.1) is 0 Å². The smallest absolute Gasteiger partial charge is 0.485 e. The molecule has 0 bridgehead atoms. The second-order valence-corrected chi connectivity index (χ2v) is 13.1. The van der Waals surface area contributed by atoms with Crippen molar-refractivity contribution in [1.29, 1.82) is 0 Å². The number of pyridine rings is 1. The van der Waals surface area contributed by atoms with Crippen molar-refractivity contribution in [2.24, 2.45) is 0 Å². The van der Waals surface area contributed by atoms with E-state index in [-0.39, 0.29) is 0 Å². The van der Waals surface area contributed by atoms with E-state index in [1.807, 2.05) is 0 Å². The van der Waals surface area contributed by atoms with Gasteiger partial charge in [0.2, 0.25) is 11.4 Å². The molecule has 0 spiro atoms. The second kappa shape index (κ2) is 12.9. The molecule has 1 aromatic heterocycles. The Kier molecular flexibility index (Phi) is 8.86. The van der Waals surface area contributed by atoms with E-state index < -0.39 is 15.6 Å². The number of nitrogens with zero attached hydrogens (tertiary/aromatic N) is 1. The Balaban J connectivity index is 0.000000414. The average molecular weight is 642 g/mol. The van der Waals surface area contributed by atoms with Crippen molar-refractivity contribution >= 4 is 10.1 Å². The highest BCUT2D eigenvalue weighted by atomic mass is 32.2. The lowest BCUT2D eigenvalue weighted by atomic mass is 9.78. The fourth-order valence-corrected chi connectivity index (χ4v) is 6.66. The maximum Gasteiger partial charge on any atom is 0.485 e. The largest absolute Gasteiger partial charge is 0.741 e. The second-order valence-electron chi connectivity index (χ2n) is 11.7. The molecule has 46 heavy (non-hydrogen) atoms. The van der Waals surface area contributed by atoms with Crippen LogP contribution in [-0.2, 0) is 42.3 Å². The van der Waals surface area contributed by atoms with Crippen LogP contribution in [0.4, 0.5) is 13.2 Å². The fraction of sp³-hybridized carbons (Fsp3) is 0.237. The van der Waals surface area contributed by atoms with Gasteiger partial charge < -0.3 is 4.55 Å². The number of fused-ring (bicyclic) bond motifs is 6. The van der Waals surface area contributed by atoms with Crippen molar-refractivity contribution in [2.45, 2.75) is 57.5 Å². The normalized spacial score (nSPS) is 13.4. The van der Waals surface area contributed by atoms with Crippen molar-refractivity contribution in [3.05, 3.63) is 125 Å². The van der Waals surface area contributed by atoms with Gasteiger partial charge in [0.15, 0.2) is 10.1 Å². The summed E-state index contributed by atoms with van der Waals surface area (Å²) in [6, 6.07) is 38.6. The molecule has 0 radical (unpaired) electrons. The number of alkyl halides is 3. The third-order valence-electron chi connectivity index (χ3n) is 8.83. The van der Waals surface area contributed by atoms with Gasteiger partial charge in [-0.05, 0) is 82.8 Å². The zero-order valence-electron chi connectivity index (χ0n) is 25.5. The number of hydrogen-bond acceptors (Lipinski definition) is 3. The Bertz CT molecular complexity index is 1990. The van der Waals surface area contributed by atoms with Crippen molar-refractivity contribution < 1.29 is 30.7 Å². The first kappa shape index (κ1) is 31.7. The molecule has 0 atom stereocenters. The summed E-state index contributed by atoms with van der Waals surface area (Å²) in [5.74, 6) is 0. The lowest BCUT2D eigenvalue weighted by Gasteiger charge is -2.27. The van der Waals surface area contributed by atoms with Gasteiger partial charge in [0.25, 0.3) is 0 Å². The highest BCUT2D eigenvalue weighted by Gasteiger charge is 2.37. The highest BCUT2D eigenvalue weighted by Crippen LogP contribution is 2.43. The van der Waals surface area contributed by atoms with Crippen LogP contribution in [0.3, 0.4) is 0 Å². The number of halogens is 3. The molecule has 0 unspecified atom stereocenters. The Labute approximate surface area is 267 Å². The molecular weight excluding hydrogens is 607 g/mol. The molecule has 4 aromatic carbocycles. The zero-order chi connectivity index (χ0) is 32.5. The van der Waals surface area contributed by atoms with E-state index in [0.717, 1.165) is 32.2 Å². The Morgan fingerprint density at radius 1 is 0.674 bits per heavy atom. The minimum Gasteiger partial charge on any atom is -0.741 e. The summed E-state index contributed by atoms with van der Waals surface area (Å²) in [5, 5.41) is 0. The van der Waals surface area contributed by atoms with Gasteiger partial charge >= 0.3 is 5.51 Å². The molecular formula is C38H34F3NO3S. The van der Waals surface area contributed by atoms with Gasteiger partial charge in [-0.25, -0.2) is 8.42 Å². The minimum atomic E-state index is -6.09. The third-order valence-corrected chi connectivity index (χ3v) is 9.39. The molecule has 7 rings (SSSR count). The molecule has 2 aliphatic carbocycles.